The number of hydrogen-bond acceptors (Lipinski definition) is 4. The summed E-state index contributed by atoms with van der Waals surface area (Å²) in [6, 6.07) is 1.76. The molecule has 0 N–H and O–H groups in total. The van der Waals surface area contributed by atoms with Crippen molar-refractivity contribution in [3.8, 4) is 0 Å². The van der Waals surface area contributed by atoms with Gasteiger partial charge in [-0.3, -0.25) is 4.90 Å². The van der Waals surface area contributed by atoms with Crippen molar-refractivity contribution in [3.05, 3.63) is 22.3 Å². The smallest absolute Gasteiger partial charge is 0.115 e. The number of pyridine rings is 1. The van der Waals surface area contributed by atoms with E-state index >= 15 is 0 Å². The van der Waals surface area contributed by atoms with Gasteiger partial charge in [-0.2, -0.15) is 0 Å². The highest BCUT2D eigenvalue weighted by Gasteiger charge is 2.10. The van der Waals surface area contributed by atoms with E-state index in [1.807, 2.05) is 11.8 Å². The van der Waals surface area contributed by atoms with Gasteiger partial charge in [-0.25, -0.2) is 4.98 Å². The van der Waals surface area contributed by atoms with Crippen LogP contribution >= 0.6 is 46.7 Å². The van der Waals surface area contributed by atoms with Gasteiger partial charge in [-0.15, -0.1) is 23.5 Å². The van der Waals surface area contributed by atoms with Crippen LogP contribution < -0.4 is 0 Å². The van der Waals surface area contributed by atoms with Crippen LogP contribution in [0.3, 0.4) is 0 Å². The molecular weight excluding hydrogens is 331 g/mol. The zero-order valence-corrected chi connectivity index (χ0v) is 14.6. The van der Waals surface area contributed by atoms with Gasteiger partial charge in [0.2, 0.25) is 0 Å². The molecule has 6 heteroatoms. The molecule has 1 fully saturated rings. The molecule has 20 heavy (non-hydrogen) atoms. The van der Waals surface area contributed by atoms with Crippen LogP contribution in [-0.2, 0) is 0 Å². The fraction of sp³-hybridized carbons (Fsp3) is 0.643. The van der Waals surface area contributed by atoms with Crippen molar-refractivity contribution in [1.82, 2.24) is 9.88 Å². The Kier molecular flexibility index (Phi) is 7.89. The Morgan fingerprint density at radius 1 is 1.25 bits per heavy atom. The second kappa shape index (κ2) is 9.42. The first kappa shape index (κ1) is 16.8. The molecule has 0 amide bonds. The SMILES string of the molecule is Clc1cnc(SCCCCCCN2CCSC2)c(Cl)c1. The first-order valence-corrected chi connectivity index (χ1v) is 9.89. The van der Waals surface area contributed by atoms with Crippen molar-refractivity contribution in [2.75, 3.05) is 30.5 Å². The summed E-state index contributed by atoms with van der Waals surface area (Å²) in [5, 5.41) is 2.15. The molecular formula is C14H20Cl2N2S2. The van der Waals surface area contributed by atoms with Gasteiger partial charge in [0.25, 0.3) is 0 Å². The largest absolute Gasteiger partial charge is 0.293 e. The second-order valence-corrected chi connectivity index (χ2v) is 7.86. The summed E-state index contributed by atoms with van der Waals surface area (Å²) in [5.74, 6) is 3.62. The maximum absolute atomic E-state index is 6.09. The number of rotatable bonds is 8. The highest BCUT2D eigenvalue weighted by atomic mass is 35.5. The summed E-state index contributed by atoms with van der Waals surface area (Å²) in [6.07, 6.45) is 6.82. The topological polar surface area (TPSA) is 16.1 Å². The van der Waals surface area contributed by atoms with Gasteiger partial charge in [-0.05, 0) is 31.2 Å². The fourth-order valence-corrected chi connectivity index (χ4v) is 4.54. The molecule has 1 saturated heterocycles. The van der Waals surface area contributed by atoms with E-state index in [9.17, 15) is 0 Å². The van der Waals surface area contributed by atoms with Gasteiger partial charge >= 0.3 is 0 Å². The Morgan fingerprint density at radius 3 is 2.85 bits per heavy atom. The van der Waals surface area contributed by atoms with E-state index in [2.05, 4.69) is 9.88 Å². The molecule has 0 unspecified atom stereocenters. The van der Waals surface area contributed by atoms with Crippen LogP contribution in [0.4, 0.5) is 0 Å². The minimum atomic E-state index is 0.597. The van der Waals surface area contributed by atoms with Crippen LogP contribution in [0.1, 0.15) is 25.7 Å². The Hall–Kier alpha value is 0.390. The number of unbranched alkanes of at least 4 members (excludes halogenated alkanes) is 3. The lowest BCUT2D eigenvalue weighted by Gasteiger charge is -2.12. The summed E-state index contributed by atoms with van der Waals surface area (Å²) in [6.45, 7) is 2.55. The van der Waals surface area contributed by atoms with Crippen molar-refractivity contribution in [3.63, 3.8) is 0 Å². The van der Waals surface area contributed by atoms with Crippen LogP contribution in [-0.4, -0.2) is 40.4 Å². The van der Waals surface area contributed by atoms with Crippen LogP contribution in [0.2, 0.25) is 10.0 Å². The molecule has 0 aromatic carbocycles. The van der Waals surface area contributed by atoms with Crippen LogP contribution in [0.15, 0.2) is 17.3 Å². The molecule has 2 rings (SSSR count). The molecule has 0 atom stereocenters. The number of thioether (sulfide) groups is 2. The Bertz CT molecular complexity index is 412. The van der Waals surface area contributed by atoms with E-state index in [0.717, 1.165) is 10.8 Å². The average Bonchev–Trinajstić information content (AvgIpc) is 2.93. The van der Waals surface area contributed by atoms with Gasteiger partial charge in [0.05, 0.1) is 10.0 Å². The first-order valence-electron chi connectivity index (χ1n) is 6.99. The van der Waals surface area contributed by atoms with Crippen LogP contribution in [0.5, 0.6) is 0 Å². The van der Waals surface area contributed by atoms with E-state index < -0.39 is 0 Å². The predicted molar refractivity (Wildman–Crippen MR) is 92.3 cm³/mol. The molecule has 2 nitrogen and oxygen atoms in total. The highest BCUT2D eigenvalue weighted by molar-refractivity contribution is 7.99. The minimum absolute atomic E-state index is 0.597. The lowest BCUT2D eigenvalue weighted by atomic mass is 10.2. The van der Waals surface area contributed by atoms with Gasteiger partial charge in [0, 0.05) is 24.4 Å². The average molecular weight is 351 g/mol. The molecule has 0 bridgehead atoms. The fourth-order valence-electron chi connectivity index (χ4n) is 2.10. The molecule has 1 aromatic heterocycles. The lowest BCUT2D eigenvalue weighted by Crippen LogP contribution is -2.20. The molecule has 1 aliphatic heterocycles. The van der Waals surface area contributed by atoms with E-state index in [1.165, 1.54) is 50.4 Å². The molecule has 1 aliphatic rings. The molecule has 0 spiro atoms. The summed E-state index contributed by atoms with van der Waals surface area (Å²) < 4.78 is 0. The van der Waals surface area contributed by atoms with Crippen molar-refractivity contribution < 1.29 is 0 Å². The third kappa shape index (κ3) is 6.02. The van der Waals surface area contributed by atoms with Crippen molar-refractivity contribution in [1.29, 1.82) is 0 Å². The molecule has 0 saturated carbocycles. The molecule has 1 aromatic rings. The maximum atomic E-state index is 6.09. The monoisotopic (exact) mass is 350 g/mol. The van der Waals surface area contributed by atoms with Crippen LogP contribution in [0, 0.1) is 0 Å². The van der Waals surface area contributed by atoms with Crippen molar-refractivity contribution in [2.24, 2.45) is 0 Å². The second-order valence-electron chi connectivity index (χ2n) is 4.86. The third-order valence-electron chi connectivity index (χ3n) is 3.21. The zero-order valence-electron chi connectivity index (χ0n) is 11.5. The summed E-state index contributed by atoms with van der Waals surface area (Å²) in [5.41, 5.74) is 0. The quantitative estimate of drug-likeness (QED) is 0.481. The minimum Gasteiger partial charge on any atom is -0.293 e. The maximum Gasteiger partial charge on any atom is 0.115 e. The van der Waals surface area contributed by atoms with Gasteiger partial charge in [0.15, 0.2) is 0 Å². The third-order valence-corrected chi connectivity index (χ3v) is 5.92. The number of halogens is 2. The number of hydrogen-bond donors (Lipinski definition) is 0. The highest BCUT2D eigenvalue weighted by Crippen LogP contribution is 2.27. The summed E-state index contributed by atoms with van der Waals surface area (Å²) in [7, 11) is 0. The standard InChI is InChI=1S/C14H20Cl2N2S2/c15-12-9-13(16)14(17-10-12)20-7-4-2-1-3-5-18-6-8-19-11-18/h9-10H,1-8,11H2. The van der Waals surface area contributed by atoms with E-state index in [1.54, 1.807) is 24.0 Å². The van der Waals surface area contributed by atoms with E-state index in [4.69, 9.17) is 23.2 Å². The Labute approximate surface area is 140 Å². The van der Waals surface area contributed by atoms with Gasteiger partial charge in [0.1, 0.15) is 5.03 Å². The predicted octanol–water partition coefficient (Wildman–Crippen LogP) is 5.05. The summed E-state index contributed by atoms with van der Waals surface area (Å²) in [4.78, 5) is 6.81. The van der Waals surface area contributed by atoms with Crippen molar-refractivity contribution >= 4 is 46.7 Å². The number of aromatic nitrogens is 1. The van der Waals surface area contributed by atoms with Crippen LogP contribution in [0.25, 0.3) is 0 Å². The normalized spacial score (nSPS) is 15.9. The Morgan fingerprint density at radius 2 is 2.10 bits per heavy atom. The number of nitrogens with zero attached hydrogens (tertiary/aromatic N) is 2. The van der Waals surface area contributed by atoms with E-state index in [-0.39, 0.29) is 0 Å². The molecule has 2 heterocycles. The summed E-state index contributed by atoms with van der Waals surface area (Å²) >= 11 is 15.7. The molecule has 0 radical (unpaired) electrons. The lowest BCUT2D eigenvalue weighted by molar-refractivity contribution is 0.344. The first-order chi connectivity index (χ1) is 9.75. The Balaban J connectivity index is 1.50. The molecule has 0 aliphatic carbocycles. The van der Waals surface area contributed by atoms with E-state index in [0.29, 0.717) is 10.0 Å². The molecule has 112 valence electrons. The zero-order chi connectivity index (χ0) is 14.2. The van der Waals surface area contributed by atoms with Gasteiger partial charge in [-0.1, -0.05) is 36.0 Å². The van der Waals surface area contributed by atoms with Crippen molar-refractivity contribution in [2.45, 2.75) is 30.7 Å². The van der Waals surface area contributed by atoms with Gasteiger partial charge < -0.3 is 0 Å².